The van der Waals surface area contributed by atoms with Gasteiger partial charge in [0.2, 0.25) is 0 Å². The monoisotopic (exact) mass is 392 g/mol. The summed E-state index contributed by atoms with van der Waals surface area (Å²) in [7, 11) is 1.65. The van der Waals surface area contributed by atoms with Crippen LogP contribution in [0.3, 0.4) is 0 Å². The Hall–Kier alpha value is -3.35. The quantitative estimate of drug-likeness (QED) is 0.616. The molecule has 3 aromatic rings. The SMILES string of the molecule is C=CCOC(=O)N1CCCC(c2ccnc3c(-c4ccc(OC)cc4)cnn23)C1. The summed E-state index contributed by atoms with van der Waals surface area (Å²) in [6.07, 6.45) is 6.85. The number of hydrogen-bond acceptors (Lipinski definition) is 5. The van der Waals surface area contributed by atoms with Crippen LogP contribution in [0.2, 0.25) is 0 Å². The Morgan fingerprint density at radius 2 is 2.14 bits per heavy atom. The van der Waals surface area contributed by atoms with E-state index in [1.54, 1.807) is 18.1 Å². The number of benzene rings is 1. The molecule has 1 atom stereocenters. The van der Waals surface area contributed by atoms with Gasteiger partial charge in [-0.05, 0) is 36.6 Å². The molecule has 1 saturated heterocycles. The Labute approximate surface area is 169 Å². The highest BCUT2D eigenvalue weighted by Gasteiger charge is 2.27. The van der Waals surface area contributed by atoms with Crippen molar-refractivity contribution in [1.82, 2.24) is 19.5 Å². The van der Waals surface area contributed by atoms with Crippen molar-refractivity contribution >= 4 is 11.7 Å². The van der Waals surface area contributed by atoms with Crippen molar-refractivity contribution in [1.29, 1.82) is 0 Å². The zero-order valence-electron chi connectivity index (χ0n) is 16.5. The second-order valence-corrected chi connectivity index (χ2v) is 7.04. The minimum absolute atomic E-state index is 0.175. The van der Waals surface area contributed by atoms with Crippen molar-refractivity contribution in [2.75, 3.05) is 26.8 Å². The zero-order chi connectivity index (χ0) is 20.2. The van der Waals surface area contributed by atoms with E-state index in [4.69, 9.17) is 9.47 Å². The summed E-state index contributed by atoms with van der Waals surface area (Å²) in [5, 5.41) is 4.61. The molecular formula is C22H24N4O3. The maximum absolute atomic E-state index is 12.2. The van der Waals surface area contributed by atoms with Gasteiger partial charge >= 0.3 is 6.09 Å². The molecule has 0 spiro atoms. The van der Waals surface area contributed by atoms with Crippen molar-refractivity contribution in [3.8, 4) is 16.9 Å². The van der Waals surface area contributed by atoms with Gasteiger partial charge in [-0.2, -0.15) is 5.10 Å². The summed E-state index contributed by atoms with van der Waals surface area (Å²) in [6, 6.07) is 9.85. The number of ether oxygens (including phenoxy) is 2. The molecule has 1 aromatic carbocycles. The molecule has 4 rings (SSSR count). The number of piperidine rings is 1. The molecule has 1 unspecified atom stereocenters. The molecule has 1 aliphatic rings. The van der Waals surface area contributed by atoms with Gasteiger partial charge in [-0.15, -0.1) is 0 Å². The molecule has 1 aliphatic heterocycles. The van der Waals surface area contributed by atoms with E-state index in [1.165, 1.54) is 0 Å². The first-order valence-electron chi connectivity index (χ1n) is 9.71. The number of likely N-dealkylation sites (tertiary alicyclic amines) is 1. The third-order valence-corrected chi connectivity index (χ3v) is 5.25. The van der Waals surface area contributed by atoms with Crippen LogP contribution in [0, 0.1) is 0 Å². The molecule has 0 aliphatic carbocycles. The van der Waals surface area contributed by atoms with Crippen molar-refractivity contribution in [3.63, 3.8) is 0 Å². The van der Waals surface area contributed by atoms with E-state index in [2.05, 4.69) is 16.7 Å². The summed E-state index contributed by atoms with van der Waals surface area (Å²) in [5.41, 5.74) is 3.85. The highest BCUT2D eigenvalue weighted by atomic mass is 16.6. The minimum atomic E-state index is -0.292. The Morgan fingerprint density at radius 1 is 1.31 bits per heavy atom. The van der Waals surface area contributed by atoms with Crippen molar-refractivity contribution < 1.29 is 14.3 Å². The molecule has 150 valence electrons. The van der Waals surface area contributed by atoms with Crippen LogP contribution < -0.4 is 4.74 Å². The number of hydrogen-bond donors (Lipinski definition) is 0. The van der Waals surface area contributed by atoms with Crippen LogP contribution in [0.1, 0.15) is 24.5 Å². The predicted molar refractivity (Wildman–Crippen MR) is 110 cm³/mol. The molecule has 0 bridgehead atoms. The second kappa shape index (κ2) is 8.34. The number of nitrogens with zero attached hydrogens (tertiary/aromatic N) is 4. The highest BCUT2D eigenvalue weighted by Crippen LogP contribution is 2.30. The molecule has 1 fully saturated rings. The van der Waals surface area contributed by atoms with Gasteiger partial charge in [0.25, 0.3) is 0 Å². The van der Waals surface area contributed by atoms with Crippen molar-refractivity contribution in [2.24, 2.45) is 0 Å². The number of carbonyl (C=O) groups excluding carboxylic acids is 1. The van der Waals surface area contributed by atoms with E-state index >= 15 is 0 Å². The first kappa shape index (κ1) is 19.0. The number of fused-ring (bicyclic) bond motifs is 1. The molecule has 3 heterocycles. The maximum atomic E-state index is 12.2. The third kappa shape index (κ3) is 3.81. The number of rotatable bonds is 5. The number of methoxy groups -OCH3 is 1. The molecule has 1 amide bonds. The van der Waals surface area contributed by atoms with Gasteiger partial charge in [-0.25, -0.2) is 14.3 Å². The maximum Gasteiger partial charge on any atom is 0.410 e. The molecule has 29 heavy (non-hydrogen) atoms. The smallest absolute Gasteiger partial charge is 0.410 e. The van der Waals surface area contributed by atoms with Crippen LogP contribution in [-0.4, -0.2) is 52.4 Å². The summed E-state index contributed by atoms with van der Waals surface area (Å²) < 4.78 is 12.3. The summed E-state index contributed by atoms with van der Waals surface area (Å²) in [6.45, 7) is 5.13. The fourth-order valence-electron chi connectivity index (χ4n) is 3.80. The molecule has 0 saturated carbocycles. The largest absolute Gasteiger partial charge is 0.497 e. The van der Waals surface area contributed by atoms with E-state index < -0.39 is 0 Å². The normalized spacial score (nSPS) is 16.6. The van der Waals surface area contributed by atoms with E-state index in [9.17, 15) is 4.79 Å². The van der Waals surface area contributed by atoms with E-state index in [-0.39, 0.29) is 18.6 Å². The van der Waals surface area contributed by atoms with Gasteiger partial charge in [-0.1, -0.05) is 24.8 Å². The number of carbonyl (C=O) groups is 1. The Balaban J connectivity index is 1.62. The lowest BCUT2D eigenvalue weighted by molar-refractivity contribution is 0.1000. The Morgan fingerprint density at radius 3 is 2.90 bits per heavy atom. The summed E-state index contributed by atoms with van der Waals surface area (Å²) >= 11 is 0. The van der Waals surface area contributed by atoms with Gasteiger partial charge in [-0.3, -0.25) is 0 Å². The van der Waals surface area contributed by atoms with Gasteiger partial charge in [0.05, 0.1) is 19.0 Å². The van der Waals surface area contributed by atoms with Gasteiger partial charge in [0, 0.05) is 30.8 Å². The number of aromatic nitrogens is 3. The Bertz CT molecular complexity index is 1010. The molecule has 2 aromatic heterocycles. The van der Waals surface area contributed by atoms with Gasteiger partial charge < -0.3 is 14.4 Å². The van der Waals surface area contributed by atoms with E-state index in [0.29, 0.717) is 13.1 Å². The topological polar surface area (TPSA) is 69.0 Å². The average molecular weight is 392 g/mol. The lowest BCUT2D eigenvalue weighted by atomic mass is 9.94. The second-order valence-electron chi connectivity index (χ2n) is 7.04. The summed E-state index contributed by atoms with van der Waals surface area (Å²) in [4.78, 5) is 18.6. The van der Waals surface area contributed by atoms with Crippen LogP contribution in [-0.2, 0) is 4.74 Å². The molecule has 7 nitrogen and oxygen atoms in total. The predicted octanol–water partition coefficient (Wildman–Crippen LogP) is 3.91. The summed E-state index contributed by atoms with van der Waals surface area (Å²) in [5.74, 6) is 0.985. The lowest BCUT2D eigenvalue weighted by Crippen LogP contribution is -2.40. The van der Waals surface area contributed by atoms with E-state index in [0.717, 1.165) is 41.1 Å². The number of amides is 1. The van der Waals surface area contributed by atoms with Crippen LogP contribution in [0.5, 0.6) is 5.75 Å². The van der Waals surface area contributed by atoms with Crippen molar-refractivity contribution in [2.45, 2.75) is 18.8 Å². The minimum Gasteiger partial charge on any atom is -0.497 e. The average Bonchev–Trinajstić information content (AvgIpc) is 3.22. The zero-order valence-corrected chi connectivity index (χ0v) is 16.5. The molecule has 0 radical (unpaired) electrons. The standard InChI is InChI=1S/C22H24N4O3/c1-3-13-29-22(27)25-12-4-5-17(15-25)20-10-11-23-21-19(14-24-26(20)21)16-6-8-18(28-2)9-7-16/h3,6-11,14,17H,1,4-5,12-13,15H2,2H3. The fourth-order valence-corrected chi connectivity index (χ4v) is 3.80. The lowest BCUT2D eigenvalue weighted by Gasteiger charge is -2.32. The van der Waals surface area contributed by atoms with E-state index in [1.807, 2.05) is 47.2 Å². The Kier molecular flexibility index (Phi) is 5.46. The van der Waals surface area contributed by atoms with Gasteiger partial charge in [0.1, 0.15) is 12.4 Å². The first-order chi connectivity index (χ1) is 14.2. The molecule has 0 N–H and O–H groups in total. The first-order valence-corrected chi connectivity index (χ1v) is 9.71. The highest BCUT2D eigenvalue weighted by molar-refractivity contribution is 5.77. The van der Waals surface area contributed by atoms with Crippen LogP contribution >= 0.6 is 0 Å². The van der Waals surface area contributed by atoms with Crippen molar-refractivity contribution in [3.05, 3.63) is 61.1 Å². The molecule has 7 heteroatoms. The fraction of sp³-hybridized carbons (Fsp3) is 0.318. The van der Waals surface area contributed by atoms with Crippen LogP contribution in [0.4, 0.5) is 4.79 Å². The third-order valence-electron chi connectivity index (χ3n) is 5.25. The van der Waals surface area contributed by atoms with Crippen LogP contribution in [0.15, 0.2) is 55.4 Å². The molecular weight excluding hydrogens is 368 g/mol. The van der Waals surface area contributed by atoms with Crippen LogP contribution in [0.25, 0.3) is 16.8 Å². The van der Waals surface area contributed by atoms with Gasteiger partial charge in [0.15, 0.2) is 5.65 Å².